The number of amides is 2. The standard InChI is InChI=1S/C28H26N4O5/c1-18-3-9-22(10-4-18)32-16-20(15-26(32)33)27(34)29-21-7-13-24(14-8-21)36-17-25-30-31-28(37-25)19-5-11-23(35-2)12-6-19/h3-14,20H,15-17H2,1-2H3,(H,29,34). The van der Waals surface area contributed by atoms with Crippen molar-refractivity contribution in [3.05, 3.63) is 84.3 Å². The lowest BCUT2D eigenvalue weighted by atomic mass is 10.1. The summed E-state index contributed by atoms with van der Waals surface area (Å²) in [6, 6.07) is 22.0. The van der Waals surface area contributed by atoms with Gasteiger partial charge in [0, 0.05) is 29.9 Å². The molecule has 37 heavy (non-hydrogen) atoms. The van der Waals surface area contributed by atoms with Crippen LogP contribution >= 0.6 is 0 Å². The molecular formula is C28H26N4O5. The van der Waals surface area contributed by atoms with Crippen molar-refractivity contribution in [1.29, 1.82) is 0 Å². The van der Waals surface area contributed by atoms with Gasteiger partial charge in [0.05, 0.1) is 13.0 Å². The molecule has 1 aliphatic heterocycles. The van der Waals surface area contributed by atoms with Crippen LogP contribution in [0.2, 0.25) is 0 Å². The number of ether oxygens (including phenoxy) is 2. The Balaban J connectivity index is 1.13. The summed E-state index contributed by atoms with van der Waals surface area (Å²) >= 11 is 0. The van der Waals surface area contributed by atoms with E-state index < -0.39 is 5.92 Å². The minimum atomic E-state index is -0.415. The molecule has 1 atom stereocenters. The Bertz CT molecular complexity index is 1380. The number of carbonyl (C=O) groups excluding carboxylic acids is 2. The van der Waals surface area contributed by atoms with Gasteiger partial charge in [0.25, 0.3) is 5.89 Å². The Morgan fingerprint density at radius 3 is 2.41 bits per heavy atom. The monoisotopic (exact) mass is 498 g/mol. The van der Waals surface area contributed by atoms with E-state index in [1.165, 1.54) is 0 Å². The second-order valence-electron chi connectivity index (χ2n) is 8.77. The molecule has 0 spiro atoms. The summed E-state index contributed by atoms with van der Waals surface area (Å²) in [6.07, 6.45) is 0.184. The SMILES string of the molecule is COc1ccc(-c2nnc(COc3ccc(NC(=O)C4CC(=O)N(c5ccc(C)cc5)C4)cc3)o2)cc1. The van der Waals surface area contributed by atoms with E-state index in [9.17, 15) is 9.59 Å². The molecule has 2 heterocycles. The number of hydrogen-bond acceptors (Lipinski definition) is 7. The van der Waals surface area contributed by atoms with E-state index in [0.717, 1.165) is 22.6 Å². The van der Waals surface area contributed by atoms with Gasteiger partial charge in [0.2, 0.25) is 17.7 Å². The smallest absolute Gasteiger partial charge is 0.254 e. The van der Waals surface area contributed by atoms with Gasteiger partial charge in [-0.3, -0.25) is 9.59 Å². The maximum absolute atomic E-state index is 12.8. The lowest BCUT2D eigenvalue weighted by Gasteiger charge is -2.17. The molecule has 3 aromatic carbocycles. The zero-order valence-corrected chi connectivity index (χ0v) is 20.5. The molecule has 188 valence electrons. The molecule has 1 saturated heterocycles. The zero-order chi connectivity index (χ0) is 25.8. The highest BCUT2D eigenvalue weighted by Gasteiger charge is 2.35. The zero-order valence-electron chi connectivity index (χ0n) is 20.5. The van der Waals surface area contributed by atoms with Crippen LogP contribution in [0.1, 0.15) is 17.9 Å². The van der Waals surface area contributed by atoms with Gasteiger partial charge in [-0.05, 0) is 67.6 Å². The van der Waals surface area contributed by atoms with Gasteiger partial charge < -0.3 is 24.1 Å². The third-order valence-corrected chi connectivity index (χ3v) is 6.13. The van der Waals surface area contributed by atoms with Gasteiger partial charge in [-0.15, -0.1) is 10.2 Å². The number of benzene rings is 3. The van der Waals surface area contributed by atoms with Gasteiger partial charge in [-0.1, -0.05) is 17.7 Å². The fraction of sp³-hybridized carbons (Fsp3) is 0.214. The highest BCUT2D eigenvalue weighted by molar-refractivity contribution is 6.03. The van der Waals surface area contributed by atoms with Crippen LogP contribution in [0.4, 0.5) is 11.4 Å². The van der Waals surface area contributed by atoms with Crippen molar-refractivity contribution < 1.29 is 23.5 Å². The molecular weight excluding hydrogens is 472 g/mol. The van der Waals surface area contributed by atoms with E-state index in [0.29, 0.717) is 29.8 Å². The first-order valence-electron chi connectivity index (χ1n) is 11.9. The number of nitrogens with one attached hydrogen (secondary N) is 1. The Morgan fingerprint density at radius 2 is 1.70 bits per heavy atom. The maximum atomic E-state index is 12.8. The second kappa shape index (κ2) is 10.5. The number of rotatable bonds is 8. The summed E-state index contributed by atoms with van der Waals surface area (Å²) < 4.78 is 16.6. The third kappa shape index (κ3) is 5.61. The first-order chi connectivity index (χ1) is 18.0. The molecule has 1 aliphatic rings. The molecule has 5 rings (SSSR count). The van der Waals surface area contributed by atoms with Crippen LogP contribution in [-0.4, -0.2) is 35.7 Å². The van der Waals surface area contributed by atoms with Crippen molar-refractivity contribution in [2.24, 2.45) is 5.92 Å². The van der Waals surface area contributed by atoms with Crippen LogP contribution < -0.4 is 19.7 Å². The first-order valence-corrected chi connectivity index (χ1v) is 11.9. The van der Waals surface area contributed by atoms with E-state index >= 15 is 0 Å². The summed E-state index contributed by atoms with van der Waals surface area (Å²) in [7, 11) is 1.61. The van der Waals surface area contributed by atoms with Crippen LogP contribution in [0.25, 0.3) is 11.5 Å². The quantitative estimate of drug-likeness (QED) is 0.378. The summed E-state index contributed by atoms with van der Waals surface area (Å²) in [6.45, 7) is 2.46. The third-order valence-electron chi connectivity index (χ3n) is 6.13. The minimum absolute atomic E-state index is 0.0519. The molecule has 0 saturated carbocycles. The molecule has 1 fully saturated rings. The summed E-state index contributed by atoms with van der Waals surface area (Å²) in [5.41, 5.74) is 3.33. The molecule has 0 bridgehead atoms. The van der Waals surface area contributed by atoms with Crippen LogP contribution in [-0.2, 0) is 16.2 Å². The molecule has 0 radical (unpaired) electrons. The number of carbonyl (C=O) groups is 2. The molecule has 1 N–H and O–H groups in total. The lowest BCUT2D eigenvalue weighted by molar-refractivity contribution is -0.122. The largest absolute Gasteiger partial charge is 0.497 e. The number of aryl methyl sites for hydroxylation is 1. The molecule has 2 amide bonds. The van der Waals surface area contributed by atoms with E-state index in [2.05, 4.69) is 15.5 Å². The van der Waals surface area contributed by atoms with Crippen molar-refractivity contribution in [1.82, 2.24) is 10.2 Å². The van der Waals surface area contributed by atoms with E-state index in [4.69, 9.17) is 13.9 Å². The van der Waals surface area contributed by atoms with Gasteiger partial charge in [0.15, 0.2) is 6.61 Å². The first kappa shape index (κ1) is 24.1. The van der Waals surface area contributed by atoms with Crippen molar-refractivity contribution in [3.63, 3.8) is 0 Å². The number of anilines is 2. The van der Waals surface area contributed by atoms with E-state index in [1.807, 2.05) is 55.5 Å². The van der Waals surface area contributed by atoms with Crippen LogP contribution in [0.5, 0.6) is 11.5 Å². The number of nitrogens with zero attached hydrogens (tertiary/aromatic N) is 3. The van der Waals surface area contributed by atoms with Crippen LogP contribution in [0, 0.1) is 12.8 Å². The van der Waals surface area contributed by atoms with Crippen LogP contribution in [0.3, 0.4) is 0 Å². The Kier molecular flexibility index (Phi) is 6.85. The van der Waals surface area contributed by atoms with Gasteiger partial charge >= 0.3 is 0 Å². The lowest BCUT2D eigenvalue weighted by Crippen LogP contribution is -2.28. The molecule has 1 unspecified atom stereocenters. The van der Waals surface area contributed by atoms with Crippen molar-refractivity contribution in [2.45, 2.75) is 20.0 Å². The number of methoxy groups -OCH3 is 1. The van der Waals surface area contributed by atoms with Gasteiger partial charge in [0.1, 0.15) is 11.5 Å². The summed E-state index contributed by atoms with van der Waals surface area (Å²) in [4.78, 5) is 26.9. The average Bonchev–Trinajstić information content (AvgIpc) is 3.56. The highest BCUT2D eigenvalue weighted by Crippen LogP contribution is 2.27. The highest BCUT2D eigenvalue weighted by atomic mass is 16.5. The topological polar surface area (TPSA) is 107 Å². The van der Waals surface area contributed by atoms with Crippen molar-refractivity contribution in [3.8, 4) is 23.0 Å². The Morgan fingerprint density at radius 1 is 1.00 bits per heavy atom. The normalized spacial score (nSPS) is 15.0. The molecule has 4 aromatic rings. The summed E-state index contributed by atoms with van der Waals surface area (Å²) in [5, 5.41) is 11.0. The predicted molar refractivity (Wildman–Crippen MR) is 137 cm³/mol. The second-order valence-corrected chi connectivity index (χ2v) is 8.77. The van der Waals surface area contributed by atoms with E-state index in [1.54, 1.807) is 36.3 Å². The fourth-order valence-corrected chi connectivity index (χ4v) is 4.04. The molecule has 1 aromatic heterocycles. The number of aromatic nitrogens is 2. The fourth-order valence-electron chi connectivity index (χ4n) is 4.04. The van der Waals surface area contributed by atoms with Crippen LogP contribution in [0.15, 0.2) is 77.2 Å². The van der Waals surface area contributed by atoms with E-state index in [-0.39, 0.29) is 24.8 Å². The number of hydrogen-bond donors (Lipinski definition) is 1. The van der Waals surface area contributed by atoms with Crippen molar-refractivity contribution >= 4 is 23.2 Å². The average molecular weight is 499 g/mol. The maximum Gasteiger partial charge on any atom is 0.254 e. The van der Waals surface area contributed by atoms with Gasteiger partial charge in [-0.2, -0.15) is 0 Å². The Labute approximate surface area is 214 Å². The minimum Gasteiger partial charge on any atom is -0.497 e. The van der Waals surface area contributed by atoms with Gasteiger partial charge in [-0.25, -0.2) is 0 Å². The summed E-state index contributed by atoms with van der Waals surface area (Å²) in [5.74, 6) is 1.41. The molecule has 0 aliphatic carbocycles. The van der Waals surface area contributed by atoms with Crippen molar-refractivity contribution in [2.75, 3.05) is 23.9 Å². The predicted octanol–water partition coefficient (Wildman–Crippen LogP) is 4.62. The molecule has 9 heteroatoms. The Hall–Kier alpha value is -4.66. The molecule has 9 nitrogen and oxygen atoms in total.